The maximum atomic E-state index is 14.3. The number of halogens is 4. The molecule has 0 fully saturated rings. The molecule has 0 aliphatic carbocycles. The van der Waals surface area contributed by atoms with Crippen LogP contribution in [0.3, 0.4) is 0 Å². The molecule has 0 bridgehead atoms. The van der Waals surface area contributed by atoms with Crippen molar-refractivity contribution in [3.63, 3.8) is 0 Å². The van der Waals surface area contributed by atoms with Gasteiger partial charge in [-0.1, -0.05) is 0 Å². The fourth-order valence-electron chi connectivity index (χ4n) is 3.71. The fraction of sp³-hybridized carbons (Fsp3) is 0.261. The zero-order valence-corrected chi connectivity index (χ0v) is 18.2. The summed E-state index contributed by atoms with van der Waals surface area (Å²) in [6.07, 6.45) is -2.60. The molecule has 1 aliphatic heterocycles. The highest BCUT2D eigenvalue weighted by Gasteiger charge is 2.57. The Labute approximate surface area is 196 Å². The number of hydrogen-bond acceptors (Lipinski definition) is 5. The number of nitrogens with one attached hydrogen (secondary N) is 2. The largest absolute Gasteiger partial charge is 0.489 e. The van der Waals surface area contributed by atoms with Gasteiger partial charge >= 0.3 is 6.18 Å². The van der Waals surface area contributed by atoms with Gasteiger partial charge in [-0.15, -0.1) is 0 Å². The van der Waals surface area contributed by atoms with E-state index < -0.39 is 47.1 Å². The van der Waals surface area contributed by atoms with Crippen molar-refractivity contribution in [1.82, 2.24) is 15.3 Å². The third-order valence-electron chi connectivity index (χ3n) is 5.99. The van der Waals surface area contributed by atoms with Crippen molar-refractivity contribution in [2.45, 2.75) is 24.1 Å². The number of ether oxygens (including phenoxy) is 1. The minimum Gasteiger partial charge on any atom is -0.489 e. The van der Waals surface area contributed by atoms with Crippen LogP contribution < -0.4 is 15.8 Å². The monoisotopic (exact) mass is 492 g/mol. The molecule has 1 aliphatic rings. The van der Waals surface area contributed by atoms with E-state index in [4.69, 9.17) is 10.5 Å². The molecule has 12 heteroatoms. The van der Waals surface area contributed by atoms with Crippen molar-refractivity contribution >= 4 is 11.8 Å². The van der Waals surface area contributed by atoms with Crippen LogP contribution in [0.25, 0.3) is 11.3 Å². The minimum absolute atomic E-state index is 0.0115. The average Bonchev–Trinajstić information content (AvgIpc) is 3.46. The number of carbonyl (C=O) groups excluding carboxylic acids is 2. The van der Waals surface area contributed by atoms with Gasteiger partial charge < -0.3 is 25.9 Å². The van der Waals surface area contributed by atoms with E-state index in [9.17, 15) is 32.3 Å². The van der Waals surface area contributed by atoms with Crippen LogP contribution in [-0.2, 0) is 15.8 Å². The molecule has 184 valence electrons. The molecular formula is C23H20F4N4O4. The lowest BCUT2D eigenvalue weighted by molar-refractivity contribution is -0.265. The number of primary amides is 1. The maximum Gasteiger partial charge on any atom is 0.424 e. The van der Waals surface area contributed by atoms with Gasteiger partial charge in [0.05, 0.1) is 17.8 Å². The van der Waals surface area contributed by atoms with E-state index in [0.717, 1.165) is 18.2 Å². The van der Waals surface area contributed by atoms with Crippen molar-refractivity contribution in [1.29, 1.82) is 0 Å². The standard InChI is InChI=1S/C23H20F4N4O4/c1-21(20(28)33)11-35-18-15(21)8-16(31-17(18)12-2-4-14(24)5-3-12)22(34,23(25,26)27)10-30-19(32)13-6-7-29-9-13/h2-9,29,34H,10-11H2,1H3,(H2,28,33)(H,30,32)/t21-,22-/m0/s1. The second kappa shape index (κ2) is 8.38. The molecule has 4 rings (SSSR count). The molecule has 2 aromatic heterocycles. The molecule has 2 amide bonds. The number of nitrogens with two attached hydrogens (primary N) is 1. The molecular weight excluding hydrogens is 472 g/mol. The Bertz CT molecular complexity index is 1280. The number of rotatable bonds is 6. The lowest BCUT2D eigenvalue weighted by atomic mass is 9.81. The van der Waals surface area contributed by atoms with E-state index in [0.29, 0.717) is 0 Å². The van der Waals surface area contributed by atoms with Gasteiger partial charge in [-0.3, -0.25) is 9.59 Å². The summed E-state index contributed by atoms with van der Waals surface area (Å²) in [6, 6.07) is 6.93. The first kappa shape index (κ1) is 24.2. The predicted octanol–water partition coefficient (Wildman–Crippen LogP) is 2.53. The van der Waals surface area contributed by atoms with Crippen molar-refractivity contribution in [3.8, 4) is 17.0 Å². The Kier molecular flexibility index (Phi) is 5.79. The van der Waals surface area contributed by atoms with Gasteiger partial charge in [0.2, 0.25) is 11.5 Å². The molecule has 35 heavy (non-hydrogen) atoms. The Hall–Kier alpha value is -3.93. The van der Waals surface area contributed by atoms with Crippen molar-refractivity contribution in [2.24, 2.45) is 5.73 Å². The summed E-state index contributed by atoms with van der Waals surface area (Å²) in [7, 11) is 0. The number of aromatic amines is 1. The van der Waals surface area contributed by atoms with Crippen molar-refractivity contribution < 1.29 is 37.0 Å². The number of nitrogens with zero attached hydrogens (tertiary/aromatic N) is 1. The molecule has 0 unspecified atom stereocenters. The number of hydrogen-bond donors (Lipinski definition) is 4. The quantitative estimate of drug-likeness (QED) is 0.393. The topological polar surface area (TPSA) is 130 Å². The van der Waals surface area contributed by atoms with E-state index in [1.807, 2.05) is 0 Å². The molecule has 1 aromatic carbocycles. The van der Waals surface area contributed by atoms with Crippen molar-refractivity contribution in [2.75, 3.05) is 13.2 Å². The SMILES string of the molecule is C[C@]1(C(N)=O)COc2c1cc([C@@](O)(CNC(=O)c1cc[nH]c1)C(F)(F)F)nc2-c1ccc(F)cc1. The number of aromatic nitrogens is 2. The summed E-state index contributed by atoms with van der Waals surface area (Å²) in [5, 5.41) is 13.0. The normalized spacial score (nSPS) is 18.9. The minimum atomic E-state index is -5.29. The molecule has 5 N–H and O–H groups in total. The van der Waals surface area contributed by atoms with Crippen LogP contribution in [0.4, 0.5) is 17.6 Å². The Morgan fingerprint density at radius 1 is 1.26 bits per heavy atom. The Morgan fingerprint density at radius 3 is 2.51 bits per heavy atom. The number of amides is 2. The van der Waals surface area contributed by atoms with Crippen LogP contribution in [0, 0.1) is 5.82 Å². The first-order valence-electron chi connectivity index (χ1n) is 10.3. The third kappa shape index (κ3) is 4.09. The van der Waals surface area contributed by atoms with Gasteiger partial charge in [0.15, 0.2) is 0 Å². The summed E-state index contributed by atoms with van der Waals surface area (Å²) in [5.41, 5.74) is -0.485. The van der Waals surface area contributed by atoms with Gasteiger partial charge in [-0.2, -0.15) is 13.2 Å². The second-order valence-corrected chi connectivity index (χ2v) is 8.37. The molecule has 3 heterocycles. The molecule has 0 saturated carbocycles. The number of H-pyrrole nitrogens is 1. The van der Waals surface area contributed by atoms with Crippen LogP contribution in [0.15, 0.2) is 48.8 Å². The number of pyridine rings is 1. The molecule has 0 saturated heterocycles. The van der Waals surface area contributed by atoms with Crippen molar-refractivity contribution in [3.05, 3.63) is 71.4 Å². The summed E-state index contributed by atoms with van der Waals surface area (Å²) < 4.78 is 61.8. The molecule has 0 spiro atoms. The van der Waals surface area contributed by atoms with Gasteiger partial charge in [0.25, 0.3) is 5.91 Å². The highest BCUT2D eigenvalue weighted by atomic mass is 19.4. The average molecular weight is 492 g/mol. The molecule has 3 aromatic rings. The summed E-state index contributed by atoms with van der Waals surface area (Å²) in [4.78, 5) is 31.1. The van der Waals surface area contributed by atoms with Gasteiger partial charge in [-0.05, 0) is 43.3 Å². The van der Waals surface area contributed by atoms with E-state index in [2.05, 4.69) is 15.3 Å². The van der Waals surface area contributed by atoms with Crippen LogP contribution >= 0.6 is 0 Å². The number of alkyl halides is 3. The molecule has 8 nitrogen and oxygen atoms in total. The fourth-order valence-corrected chi connectivity index (χ4v) is 3.71. The lowest BCUT2D eigenvalue weighted by Crippen LogP contribution is -2.51. The Balaban J connectivity index is 1.87. The van der Waals surface area contributed by atoms with Crippen LogP contribution in [0.2, 0.25) is 0 Å². The van der Waals surface area contributed by atoms with Crippen LogP contribution in [-0.4, -0.2) is 46.2 Å². The van der Waals surface area contributed by atoms with E-state index in [1.54, 1.807) is 0 Å². The zero-order valence-electron chi connectivity index (χ0n) is 18.2. The lowest BCUT2D eigenvalue weighted by Gasteiger charge is -2.31. The molecule has 0 radical (unpaired) electrons. The maximum absolute atomic E-state index is 14.3. The van der Waals surface area contributed by atoms with Gasteiger partial charge in [0, 0.05) is 23.5 Å². The Morgan fingerprint density at radius 2 is 1.94 bits per heavy atom. The van der Waals surface area contributed by atoms with E-state index in [1.165, 1.54) is 37.5 Å². The molecule has 2 atom stereocenters. The first-order valence-corrected chi connectivity index (χ1v) is 10.3. The van der Waals surface area contributed by atoms with Gasteiger partial charge in [-0.25, -0.2) is 9.37 Å². The first-order chi connectivity index (χ1) is 16.4. The smallest absolute Gasteiger partial charge is 0.424 e. The number of carbonyl (C=O) groups is 2. The third-order valence-corrected chi connectivity index (χ3v) is 5.99. The number of aliphatic hydroxyl groups is 1. The highest BCUT2D eigenvalue weighted by molar-refractivity contribution is 5.94. The zero-order chi connectivity index (χ0) is 25.6. The number of benzene rings is 1. The van der Waals surface area contributed by atoms with E-state index >= 15 is 0 Å². The van der Waals surface area contributed by atoms with Crippen LogP contribution in [0.1, 0.15) is 28.5 Å². The summed E-state index contributed by atoms with van der Waals surface area (Å²) in [6.45, 7) is -0.158. The highest BCUT2D eigenvalue weighted by Crippen LogP contribution is 2.47. The van der Waals surface area contributed by atoms with E-state index in [-0.39, 0.29) is 34.7 Å². The van der Waals surface area contributed by atoms with Gasteiger partial charge in [0.1, 0.15) is 29.3 Å². The number of fused-ring (bicyclic) bond motifs is 1. The summed E-state index contributed by atoms with van der Waals surface area (Å²) >= 11 is 0. The van der Waals surface area contributed by atoms with Crippen LogP contribution in [0.5, 0.6) is 5.75 Å². The summed E-state index contributed by atoms with van der Waals surface area (Å²) in [5.74, 6) is -2.33. The predicted molar refractivity (Wildman–Crippen MR) is 115 cm³/mol. The second-order valence-electron chi connectivity index (χ2n) is 8.37.